The molecular weight excluding hydrogens is 324 g/mol. The number of ether oxygens (including phenoxy) is 1. The average molecular weight is 342 g/mol. The molecule has 0 fully saturated rings. The molecule has 2 aromatic heterocycles. The minimum Gasteiger partial charge on any atom is -0.497 e. The van der Waals surface area contributed by atoms with Crippen molar-refractivity contribution in [3.8, 4) is 17.0 Å². The van der Waals surface area contributed by atoms with Gasteiger partial charge in [-0.05, 0) is 53.9 Å². The Balaban J connectivity index is 1.61. The summed E-state index contributed by atoms with van der Waals surface area (Å²) >= 11 is 0. The predicted octanol–water partition coefficient (Wildman–Crippen LogP) is 4.33. The minimum absolute atomic E-state index is 0.846. The second kappa shape index (κ2) is 5.88. The molecular formula is C21H18N4O. The molecule has 0 spiro atoms. The molecule has 5 rings (SSSR count). The number of H-pyrrole nitrogens is 1. The molecule has 3 heterocycles. The number of rotatable bonds is 3. The lowest BCUT2D eigenvalue weighted by molar-refractivity contribution is 0.415. The zero-order chi connectivity index (χ0) is 17.5. The number of hydrogen-bond acceptors (Lipinski definition) is 4. The van der Waals surface area contributed by atoms with Crippen molar-refractivity contribution in [3.05, 3.63) is 66.5 Å². The summed E-state index contributed by atoms with van der Waals surface area (Å²) in [6.45, 7) is 0.939. The van der Waals surface area contributed by atoms with Gasteiger partial charge in [0.15, 0.2) is 0 Å². The fourth-order valence-corrected chi connectivity index (χ4v) is 3.63. The van der Waals surface area contributed by atoms with E-state index in [-0.39, 0.29) is 0 Å². The first-order valence-electron chi connectivity index (χ1n) is 8.67. The van der Waals surface area contributed by atoms with Gasteiger partial charge in [0.2, 0.25) is 0 Å². The molecule has 0 radical (unpaired) electrons. The lowest BCUT2D eigenvalue weighted by Gasteiger charge is -2.18. The number of fused-ring (bicyclic) bond motifs is 2. The Labute approximate surface area is 151 Å². The van der Waals surface area contributed by atoms with Gasteiger partial charge in [-0.25, -0.2) is 9.97 Å². The molecule has 5 heteroatoms. The van der Waals surface area contributed by atoms with Crippen LogP contribution in [-0.4, -0.2) is 28.6 Å². The number of hydrogen-bond donors (Lipinski definition) is 1. The highest BCUT2D eigenvalue weighted by Crippen LogP contribution is 2.37. The molecule has 4 aromatic rings. The Morgan fingerprint density at radius 3 is 2.73 bits per heavy atom. The van der Waals surface area contributed by atoms with Crippen molar-refractivity contribution < 1.29 is 4.74 Å². The molecule has 2 aromatic carbocycles. The third-order valence-corrected chi connectivity index (χ3v) is 4.95. The van der Waals surface area contributed by atoms with Crippen LogP contribution in [0.25, 0.3) is 22.3 Å². The molecule has 1 aliphatic rings. The zero-order valence-corrected chi connectivity index (χ0v) is 14.4. The van der Waals surface area contributed by atoms with Crippen molar-refractivity contribution in [1.29, 1.82) is 0 Å². The summed E-state index contributed by atoms with van der Waals surface area (Å²) in [5.74, 6) is 1.80. The average Bonchev–Trinajstić information content (AvgIpc) is 3.32. The van der Waals surface area contributed by atoms with Crippen LogP contribution in [-0.2, 0) is 6.42 Å². The molecule has 0 unspecified atom stereocenters. The van der Waals surface area contributed by atoms with Crippen LogP contribution in [0.4, 0.5) is 11.5 Å². The van der Waals surface area contributed by atoms with Gasteiger partial charge in [0.1, 0.15) is 23.5 Å². The van der Waals surface area contributed by atoms with E-state index in [1.54, 1.807) is 13.4 Å². The van der Waals surface area contributed by atoms with Gasteiger partial charge >= 0.3 is 0 Å². The first kappa shape index (κ1) is 15.0. The Hall–Kier alpha value is -3.34. The van der Waals surface area contributed by atoms with Gasteiger partial charge in [-0.15, -0.1) is 0 Å². The van der Waals surface area contributed by atoms with Crippen LogP contribution in [0.2, 0.25) is 0 Å². The fourth-order valence-electron chi connectivity index (χ4n) is 3.63. The lowest BCUT2D eigenvalue weighted by atomic mass is 10.1. The maximum Gasteiger partial charge on any atom is 0.145 e. The highest BCUT2D eigenvalue weighted by Gasteiger charge is 2.23. The van der Waals surface area contributed by atoms with Crippen LogP contribution in [0.5, 0.6) is 5.75 Å². The highest BCUT2D eigenvalue weighted by molar-refractivity contribution is 5.94. The molecule has 26 heavy (non-hydrogen) atoms. The number of para-hydroxylation sites is 1. The second-order valence-electron chi connectivity index (χ2n) is 6.40. The summed E-state index contributed by atoms with van der Waals surface area (Å²) in [6, 6.07) is 18.7. The summed E-state index contributed by atoms with van der Waals surface area (Å²) in [6.07, 6.45) is 2.67. The first-order chi connectivity index (χ1) is 12.8. The van der Waals surface area contributed by atoms with Crippen molar-refractivity contribution in [2.45, 2.75) is 6.42 Å². The zero-order valence-electron chi connectivity index (χ0n) is 14.4. The van der Waals surface area contributed by atoms with Gasteiger partial charge in [0.05, 0.1) is 12.5 Å². The van der Waals surface area contributed by atoms with Gasteiger partial charge in [-0.1, -0.05) is 18.2 Å². The highest BCUT2D eigenvalue weighted by atomic mass is 16.5. The monoisotopic (exact) mass is 342 g/mol. The van der Waals surface area contributed by atoms with E-state index in [1.165, 1.54) is 11.3 Å². The van der Waals surface area contributed by atoms with E-state index in [2.05, 4.69) is 50.2 Å². The maximum atomic E-state index is 5.24. The van der Waals surface area contributed by atoms with E-state index >= 15 is 0 Å². The van der Waals surface area contributed by atoms with E-state index in [4.69, 9.17) is 4.74 Å². The number of anilines is 2. The number of methoxy groups -OCH3 is 1. The Morgan fingerprint density at radius 1 is 1.04 bits per heavy atom. The van der Waals surface area contributed by atoms with E-state index < -0.39 is 0 Å². The molecule has 128 valence electrons. The molecule has 1 aliphatic heterocycles. The maximum absolute atomic E-state index is 5.24. The number of nitrogens with one attached hydrogen (secondary N) is 1. The molecule has 0 amide bonds. The van der Waals surface area contributed by atoms with Gasteiger partial charge in [-0.3, -0.25) is 0 Å². The summed E-state index contributed by atoms with van der Waals surface area (Å²) in [7, 11) is 1.67. The molecule has 0 saturated heterocycles. The quantitative estimate of drug-likeness (QED) is 0.602. The summed E-state index contributed by atoms with van der Waals surface area (Å²) in [5, 5.41) is 1.04. The molecule has 1 N–H and O–H groups in total. The Kier molecular flexibility index (Phi) is 3.38. The summed E-state index contributed by atoms with van der Waals surface area (Å²) in [5.41, 5.74) is 5.57. The van der Waals surface area contributed by atoms with Crippen molar-refractivity contribution in [3.63, 3.8) is 0 Å². The topological polar surface area (TPSA) is 54.0 Å². The number of aromatic amines is 1. The molecule has 5 nitrogen and oxygen atoms in total. The van der Waals surface area contributed by atoms with Crippen LogP contribution in [0.3, 0.4) is 0 Å². The number of nitrogens with zero attached hydrogens (tertiary/aromatic N) is 3. The third-order valence-electron chi connectivity index (χ3n) is 4.95. The van der Waals surface area contributed by atoms with Crippen LogP contribution in [0, 0.1) is 0 Å². The van der Waals surface area contributed by atoms with Gasteiger partial charge in [0.25, 0.3) is 0 Å². The smallest absolute Gasteiger partial charge is 0.145 e. The van der Waals surface area contributed by atoms with E-state index in [0.717, 1.165) is 46.8 Å². The van der Waals surface area contributed by atoms with Crippen molar-refractivity contribution in [2.75, 3.05) is 18.6 Å². The Bertz CT molecular complexity index is 1080. The van der Waals surface area contributed by atoms with E-state index in [9.17, 15) is 0 Å². The normalized spacial score (nSPS) is 13.2. The van der Waals surface area contributed by atoms with E-state index in [0.29, 0.717) is 0 Å². The molecule has 0 atom stereocenters. The fraction of sp³-hybridized carbons (Fsp3) is 0.143. The number of aromatic nitrogens is 3. The van der Waals surface area contributed by atoms with Crippen LogP contribution in [0.1, 0.15) is 5.56 Å². The minimum atomic E-state index is 0.846. The van der Waals surface area contributed by atoms with E-state index in [1.807, 2.05) is 24.3 Å². The Morgan fingerprint density at radius 2 is 1.88 bits per heavy atom. The molecule has 0 aliphatic carbocycles. The lowest BCUT2D eigenvalue weighted by Crippen LogP contribution is -2.15. The number of benzene rings is 2. The summed E-state index contributed by atoms with van der Waals surface area (Å²) in [4.78, 5) is 14.7. The first-order valence-corrected chi connectivity index (χ1v) is 8.67. The van der Waals surface area contributed by atoms with Gasteiger partial charge in [-0.2, -0.15) is 0 Å². The van der Waals surface area contributed by atoms with Crippen molar-refractivity contribution >= 4 is 22.5 Å². The largest absolute Gasteiger partial charge is 0.497 e. The summed E-state index contributed by atoms with van der Waals surface area (Å²) < 4.78 is 5.24. The van der Waals surface area contributed by atoms with Crippen LogP contribution >= 0.6 is 0 Å². The standard InChI is InChI=1S/C21H18N4O/c1-26-16-8-6-14(7-9-16)18-12-17-20(24-18)22-13-23-21(17)25-11-10-15-4-2-3-5-19(15)25/h2-9,12-13H,10-11H2,1H3,(H,22,23,24). The van der Waals surface area contributed by atoms with Gasteiger partial charge < -0.3 is 14.6 Å². The van der Waals surface area contributed by atoms with Crippen LogP contribution in [0.15, 0.2) is 60.9 Å². The third kappa shape index (κ3) is 2.32. The second-order valence-corrected chi connectivity index (χ2v) is 6.40. The van der Waals surface area contributed by atoms with Crippen LogP contribution < -0.4 is 9.64 Å². The van der Waals surface area contributed by atoms with Gasteiger partial charge in [0, 0.05) is 17.9 Å². The molecule has 0 saturated carbocycles. The predicted molar refractivity (Wildman–Crippen MR) is 103 cm³/mol. The molecule has 0 bridgehead atoms. The van der Waals surface area contributed by atoms with Crippen molar-refractivity contribution in [2.24, 2.45) is 0 Å². The van der Waals surface area contributed by atoms with Crippen molar-refractivity contribution in [1.82, 2.24) is 15.0 Å². The SMILES string of the molecule is COc1ccc(-c2cc3c(N4CCc5ccccc54)ncnc3[nH]2)cc1.